The number of piperidine rings is 2. The number of nitrogens with one attached hydrogen (secondary N) is 1. The van der Waals surface area contributed by atoms with Crippen LogP contribution in [0.3, 0.4) is 0 Å². The summed E-state index contributed by atoms with van der Waals surface area (Å²) in [4.78, 5) is 39.4. The molecule has 2 aromatic carbocycles. The number of ether oxygens (including phenoxy) is 3. The largest absolute Gasteiger partial charge is 0.449 e. The summed E-state index contributed by atoms with van der Waals surface area (Å²) in [5, 5.41) is 11.0. The van der Waals surface area contributed by atoms with Crippen LogP contribution in [0.2, 0.25) is 0 Å². The van der Waals surface area contributed by atoms with Gasteiger partial charge in [-0.05, 0) is 153 Å². The van der Waals surface area contributed by atoms with Crippen molar-refractivity contribution in [1.82, 2.24) is 20.0 Å². The Labute approximate surface area is 422 Å². The Hall–Kier alpha value is -5.23. The highest BCUT2D eigenvalue weighted by Crippen LogP contribution is 2.42. The first kappa shape index (κ1) is 61.3. The second-order valence-electron chi connectivity index (χ2n) is 19.8. The molecule has 412 valence electrons. The fraction of sp³-hybridized carbons (Fsp3) is 0.627. The van der Waals surface area contributed by atoms with Crippen LogP contribution in [0, 0.1) is 37.5 Å². The minimum atomic E-state index is -5.75. The second kappa shape index (κ2) is 24.6. The molecule has 0 radical (unpaired) electrons. The van der Waals surface area contributed by atoms with Gasteiger partial charge in [0.25, 0.3) is 19.0 Å². The molecular formula is C51H62F12N4O7. The van der Waals surface area contributed by atoms with Gasteiger partial charge in [-0.3, -0.25) is 19.4 Å². The number of hydrogen-bond acceptors (Lipinski definition) is 10. The second-order valence-corrected chi connectivity index (χ2v) is 19.8. The monoisotopic (exact) mass is 1070 g/mol. The van der Waals surface area contributed by atoms with E-state index in [-0.39, 0.29) is 18.6 Å². The van der Waals surface area contributed by atoms with E-state index in [9.17, 15) is 67.1 Å². The number of halogens is 12. The van der Waals surface area contributed by atoms with Crippen molar-refractivity contribution in [2.75, 3.05) is 39.3 Å². The van der Waals surface area contributed by atoms with Gasteiger partial charge in [0, 0.05) is 48.4 Å². The topological polar surface area (TPSA) is 121 Å². The third-order valence-electron chi connectivity index (χ3n) is 13.3. The Morgan fingerprint density at radius 3 is 1.38 bits per heavy atom. The van der Waals surface area contributed by atoms with Gasteiger partial charge in [-0.25, -0.2) is 4.79 Å². The zero-order chi connectivity index (χ0) is 55.6. The number of carbonyl (C=O) groups is 3. The highest BCUT2D eigenvalue weighted by atomic mass is 19.4. The summed E-state index contributed by atoms with van der Waals surface area (Å²) >= 11 is 0. The summed E-state index contributed by atoms with van der Waals surface area (Å²) in [6, 6.07) is 12.4. The Bertz CT molecular complexity index is 2320. The van der Waals surface area contributed by atoms with Crippen LogP contribution < -0.4 is 5.32 Å². The van der Waals surface area contributed by atoms with Crippen LogP contribution in [0.25, 0.3) is 0 Å². The summed E-state index contributed by atoms with van der Waals surface area (Å²) in [6.45, 7) is 17.4. The number of carbonyl (C=O) groups excluding carboxylic acids is 3. The molecule has 74 heavy (non-hydrogen) atoms. The van der Waals surface area contributed by atoms with Crippen molar-refractivity contribution in [3.8, 4) is 23.7 Å². The maximum absolute atomic E-state index is 12.8. The predicted octanol–water partition coefficient (Wildman–Crippen LogP) is 9.85. The van der Waals surface area contributed by atoms with E-state index >= 15 is 0 Å². The molecule has 23 heteroatoms. The quantitative estimate of drug-likeness (QED) is 0.109. The molecule has 6 rings (SSSR count). The maximum atomic E-state index is 12.8. The van der Waals surface area contributed by atoms with E-state index in [2.05, 4.69) is 68.7 Å². The highest BCUT2D eigenvalue weighted by molar-refractivity contribution is 5.68. The minimum absolute atomic E-state index is 0.0183. The van der Waals surface area contributed by atoms with Gasteiger partial charge >= 0.3 is 30.8 Å². The molecule has 4 aliphatic rings. The van der Waals surface area contributed by atoms with Gasteiger partial charge < -0.3 is 29.5 Å². The summed E-state index contributed by atoms with van der Waals surface area (Å²) in [7, 11) is 0. The highest BCUT2D eigenvalue weighted by Gasteiger charge is 2.60. The molecule has 4 saturated heterocycles. The van der Waals surface area contributed by atoms with Crippen LogP contribution in [-0.4, -0.2) is 137 Å². The molecule has 1 amide bonds. The van der Waals surface area contributed by atoms with Crippen molar-refractivity contribution in [2.45, 2.75) is 165 Å². The Kier molecular flexibility index (Phi) is 20.4. The number of nitrogens with zero attached hydrogens (tertiary/aromatic N) is 3. The van der Waals surface area contributed by atoms with Gasteiger partial charge in [0.05, 0.1) is 0 Å². The van der Waals surface area contributed by atoms with E-state index in [1.54, 1.807) is 13.8 Å². The first-order valence-electron chi connectivity index (χ1n) is 23.8. The van der Waals surface area contributed by atoms with Crippen LogP contribution in [0.1, 0.15) is 112 Å². The zero-order valence-electron chi connectivity index (χ0n) is 41.9. The van der Waals surface area contributed by atoms with E-state index in [1.165, 1.54) is 43.4 Å². The van der Waals surface area contributed by atoms with Gasteiger partial charge in [-0.2, -0.15) is 52.7 Å². The number of amides is 1. The van der Waals surface area contributed by atoms with E-state index in [0.717, 1.165) is 66.2 Å². The van der Waals surface area contributed by atoms with Crippen LogP contribution in [-0.2, 0) is 36.9 Å². The van der Waals surface area contributed by atoms with E-state index < -0.39 is 54.2 Å². The van der Waals surface area contributed by atoms with Crippen molar-refractivity contribution in [1.29, 1.82) is 0 Å². The van der Waals surface area contributed by atoms with E-state index in [1.807, 2.05) is 39.0 Å². The molecule has 4 fully saturated rings. The summed E-state index contributed by atoms with van der Waals surface area (Å²) in [5.41, 5.74) is 4.47. The normalized spacial score (nSPS) is 18.3. The Morgan fingerprint density at radius 2 is 1.03 bits per heavy atom. The lowest BCUT2D eigenvalue weighted by atomic mass is 9.84. The average molecular weight is 1070 g/mol. The van der Waals surface area contributed by atoms with E-state index in [0.29, 0.717) is 37.9 Å². The number of rotatable bonds is 9. The molecule has 4 aliphatic heterocycles. The SMILES string of the molecule is Cc1ccc(CN2CCCC23CCN(C(=O)OC(C(F)(F)F)C(F)(F)F)CC3)c(C#CC(C)(C)OC=O)c1.Cc1ccc(CN2CCCC23CCNCC3)c(C#CC(C)(C)OC=O)c1.OC(C(F)(F)F)C(F)(F)F. The molecule has 2 spiro atoms. The van der Waals surface area contributed by atoms with Crippen molar-refractivity contribution in [2.24, 2.45) is 0 Å². The van der Waals surface area contributed by atoms with E-state index in [4.69, 9.17) is 14.6 Å². The smallest absolute Gasteiger partial charge is 0.434 e. The van der Waals surface area contributed by atoms with Crippen molar-refractivity contribution in [3.63, 3.8) is 0 Å². The number of benzene rings is 2. The third-order valence-corrected chi connectivity index (χ3v) is 13.3. The van der Waals surface area contributed by atoms with Gasteiger partial charge in [0.1, 0.15) is 0 Å². The van der Waals surface area contributed by atoms with Crippen molar-refractivity contribution >= 4 is 19.0 Å². The summed E-state index contributed by atoms with van der Waals surface area (Å²) < 4.78 is 157. The molecule has 4 heterocycles. The number of likely N-dealkylation sites (tertiary alicyclic amines) is 3. The Balaban J connectivity index is 0.000000283. The fourth-order valence-electron chi connectivity index (χ4n) is 9.33. The lowest BCUT2D eigenvalue weighted by molar-refractivity contribution is -0.309. The van der Waals surface area contributed by atoms with Crippen LogP contribution >= 0.6 is 0 Å². The number of aliphatic hydroxyl groups excluding tert-OH is 1. The van der Waals surface area contributed by atoms with Gasteiger partial charge in [0.15, 0.2) is 11.2 Å². The molecule has 11 nitrogen and oxygen atoms in total. The molecular weight excluding hydrogens is 1010 g/mol. The molecule has 2 N–H and O–H groups in total. The molecule has 0 saturated carbocycles. The minimum Gasteiger partial charge on any atom is -0.449 e. The van der Waals surface area contributed by atoms with Gasteiger partial charge in [-0.1, -0.05) is 47.9 Å². The molecule has 0 bridgehead atoms. The van der Waals surface area contributed by atoms with Crippen LogP contribution in [0.5, 0.6) is 0 Å². The first-order valence-corrected chi connectivity index (χ1v) is 23.8. The van der Waals surface area contributed by atoms with Gasteiger partial charge in [-0.15, -0.1) is 0 Å². The molecule has 0 aromatic heterocycles. The molecule has 0 atom stereocenters. The fourth-order valence-corrected chi connectivity index (χ4v) is 9.33. The standard InChI is InChI=1S/C26H30F6N2O4.C22H30N2O2.C3H2F6O/c1-18-5-6-20(19(15-18)7-9-23(2,3)37-17-35)16-34-12-4-8-24(34)10-13-33(14-11-24)22(36)38-21(25(27,28)29)26(30,31)32;1-18-5-6-20(19(15-18)7-9-21(2,3)26-17-25)16-24-14-4-8-22(24)10-12-23-13-11-22;4-2(5,6)1(10)3(7,8)9/h5-6,15,17,21H,4,8,10-14,16H2,1-3H3;5-6,15,17,23H,4,8,10-14,16H2,1-3H3;1,10H. The zero-order valence-corrected chi connectivity index (χ0v) is 41.9. The van der Waals surface area contributed by atoms with Crippen LogP contribution in [0.4, 0.5) is 57.5 Å². The maximum Gasteiger partial charge on any atom is 0.434 e. The van der Waals surface area contributed by atoms with Crippen molar-refractivity contribution in [3.05, 3.63) is 69.8 Å². The summed E-state index contributed by atoms with van der Waals surface area (Å²) in [6.07, 6.45) is -25.3. The molecule has 0 unspecified atom stereocenters. The Morgan fingerprint density at radius 1 is 0.635 bits per heavy atom. The predicted molar refractivity (Wildman–Crippen MR) is 247 cm³/mol. The lowest BCUT2D eigenvalue weighted by Crippen LogP contribution is -2.54. The van der Waals surface area contributed by atoms with Gasteiger partial charge in [0.2, 0.25) is 6.10 Å². The van der Waals surface area contributed by atoms with Crippen LogP contribution in [0.15, 0.2) is 36.4 Å². The number of aryl methyl sites for hydroxylation is 2. The lowest BCUT2D eigenvalue weighted by Gasteiger charge is -2.45. The molecule has 0 aliphatic carbocycles. The number of alkyl halides is 12. The first-order chi connectivity index (χ1) is 34.2. The number of aliphatic hydroxyl groups is 1. The summed E-state index contributed by atoms with van der Waals surface area (Å²) in [5.74, 6) is 12.4. The average Bonchev–Trinajstić information content (AvgIpc) is 3.86. The van der Waals surface area contributed by atoms with Crippen molar-refractivity contribution < 1.29 is 86.4 Å². The molecule has 2 aromatic rings. The number of hydrogen-bond donors (Lipinski definition) is 2. The third kappa shape index (κ3) is 17.4.